The number of amides is 1. The summed E-state index contributed by atoms with van der Waals surface area (Å²) in [5.74, 6) is 0.103. The number of hydrogen-bond acceptors (Lipinski definition) is 4. The van der Waals surface area contributed by atoms with Gasteiger partial charge in [-0.3, -0.25) is 9.36 Å². The molecule has 0 atom stereocenters. The lowest BCUT2D eigenvalue weighted by Gasteiger charge is -2.07. The average Bonchev–Trinajstić information content (AvgIpc) is 3.08. The molecule has 0 saturated heterocycles. The van der Waals surface area contributed by atoms with E-state index in [-0.39, 0.29) is 5.91 Å². The third kappa shape index (κ3) is 4.12. The number of nitrogens with one attached hydrogen (secondary N) is 1. The number of oxazole rings is 1. The van der Waals surface area contributed by atoms with Gasteiger partial charge in [0, 0.05) is 12.1 Å². The fourth-order valence-electron chi connectivity index (χ4n) is 3.26. The van der Waals surface area contributed by atoms with E-state index in [2.05, 4.69) is 5.32 Å². The van der Waals surface area contributed by atoms with Crippen LogP contribution in [0.2, 0.25) is 0 Å². The SMILES string of the molecule is COc1ccc(CNC(=O)c2ccc3oc(=O)n(Cc4ccc(C)cc4)c3c2)cc1. The molecule has 0 aliphatic heterocycles. The second-order valence-corrected chi connectivity index (χ2v) is 7.15. The van der Waals surface area contributed by atoms with Crippen LogP contribution in [0.1, 0.15) is 27.0 Å². The number of carbonyl (C=O) groups is 1. The Morgan fingerprint density at radius 1 is 1.00 bits per heavy atom. The first-order valence-corrected chi connectivity index (χ1v) is 9.63. The number of methoxy groups -OCH3 is 1. The van der Waals surface area contributed by atoms with Crippen molar-refractivity contribution in [2.45, 2.75) is 20.0 Å². The van der Waals surface area contributed by atoms with E-state index in [1.165, 1.54) is 0 Å². The van der Waals surface area contributed by atoms with Gasteiger partial charge >= 0.3 is 5.76 Å². The minimum atomic E-state index is -0.443. The van der Waals surface area contributed by atoms with Crippen molar-refractivity contribution in [3.05, 3.63) is 99.5 Å². The highest BCUT2D eigenvalue weighted by Crippen LogP contribution is 2.17. The van der Waals surface area contributed by atoms with E-state index >= 15 is 0 Å². The summed E-state index contributed by atoms with van der Waals surface area (Å²) >= 11 is 0. The molecule has 4 rings (SSSR count). The Morgan fingerprint density at radius 2 is 1.70 bits per heavy atom. The van der Waals surface area contributed by atoms with Crippen LogP contribution in [-0.2, 0) is 13.1 Å². The third-order valence-corrected chi connectivity index (χ3v) is 5.00. The average molecular weight is 402 g/mol. The molecular formula is C24H22N2O4. The molecule has 1 heterocycles. The topological polar surface area (TPSA) is 73.5 Å². The van der Waals surface area contributed by atoms with Gasteiger partial charge in [-0.25, -0.2) is 4.79 Å². The zero-order valence-corrected chi connectivity index (χ0v) is 16.8. The molecule has 0 aliphatic carbocycles. The first-order valence-electron chi connectivity index (χ1n) is 9.63. The second kappa shape index (κ2) is 8.29. The zero-order valence-electron chi connectivity index (χ0n) is 16.8. The van der Waals surface area contributed by atoms with Gasteiger partial charge in [-0.15, -0.1) is 0 Å². The van der Waals surface area contributed by atoms with E-state index in [9.17, 15) is 9.59 Å². The number of rotatable bonds is 6. The van der Waals surface area contributed by atoms with Crippen LogP contribution in [0.3, 0.4) is 0 Å². The number of ether oxygens (including phenoxy) is 1. The highest BCUT2D eigenvalue weighted by molar-refractivity contribution is 5.97. The molecule has 0 fully saturated rings. The summed E-state index contributed by atoms with van der Waals surface area (Å²) in [6, 6.07) is 20.5. The number of benzene rings is 3. The molecule has 30 heavy (non-hydrogen) atoms. The van der Waals surface area contributed by atoms with Crippen LogP contribution in [0.5, 0.6) is 5.75 Å². The highest BCUT2D eigenvalue weighted by atomic mass is 16.5. The summed E-state index contributed by atoms with van der Waals surface area (Å²) in [4.78, 5) is 25.0. The van der Waals surface area contributed by atoms with Crippen molar-refractivity contribution in [3.8, 4) is 5.75 Å². The standard InChI is InChI=1S/C24H22N2O4/c1-16-3-5-18(6-4-16)15-26-21-13-19(9-12-22(21)30-24(26)28)23(27)25-14-17-7-10-20(29-2)11-8-17/h3-13H,14-15H2,1-2H3,(H,25,27). The second-order valence-electron chi connectivity index (χ2n) is 7.15. The van der Waals surface area contributed by atoms with Crippen LogP contribution >= 0.6 is 0 Å². The van der Waals surface area contributed by atoms with Crippen molar-refractivity contribution in [1.29, 1.82) is 0 Å². The van der Waals surface area contributed by atoms with Crippen molar-refractivity contribution >= 4 is 17.0 Å². The first kappa shape index (κ1) is 19.5. The minimum Gasteiger partial charge on any atom is -0.497 e. The highest BCUT2D eigenvalue weighted by Gasteiger charge is 2.13. The smallest absolute Gasteiger partial charge is 0.420 e. The van der Waals surface area contributed by atoms with Gasteiger partial charge in [0.25, 0.3) is 5.91 Å². The molecule has 4 aromatic rings. The third-order valence-electron chi connectivity index (χ3n) is 5.00. The van der Waals surface area contributed by atoms with E-state index < -0.39 is 5.76 Å². The number of carbonyl (C=O) groups excluding carboxylic acids is 1. The summed E-state index contributed by atoms with van der Waals surface area (Å²) in [5, 5.41) is 2.90. The molecule has 0 aliphatic rings. The molecule has 1 amide bonds. The molecule has 3 aromatic carbocycles. The van der Waals surface area contributed by atoms with Crippen molar-refractivity contribution in [2.24, 2.45) is 0 Å². The Labute approximate surface area is 173 Å². The molecular weight excluding hydrogens is 380 g/mol. The van der Waals surface area contributed by atoms with Gasteiger partial charge in [0.2, 0.25) is 0 Å². The molecule has 6 nitrogen and oxygen atoms in total. The van der Waals surface area contributed by atoms with Crippen molar-refractivity contribution in [3.63, 3.8) is 0 Å². The lowest BCUT2D eigenvalue weighted by Crippen LogP contribution is -2.23. The van der Waals surface area contributed by atoms with E-state index in [0.29, 0.717) is 29.8 Å². The Kier molecular flexibility index (Phi) is 5.39. The molecule has 0 spiro atoms. The first-order chi connectivity index (χ1) is 14.5. The normalized spacial score (nSPS) is 10.9. The number of fused-ring (bicyclic) bond motifs is 1. The van der Waals surface area contributed by atoms with Gasteiger partial charge in [0.05, 0.1) is 19.2 Å². The van der Waals surface area contributed by atoms with Gasteiger partial charge in [-0.2, -0.15) is 0 Å². The van der Waals surface area contributed by atoms with Crippen LogP contribution in [0.4, 0.5) is 0 Å². The van der Waals surface area contributed by atoms with Crippen molar-refractivity contribution < 1.29 is 13.9 Å². The van der Waals surface area contributed by atoms with Crippen molar-refractivity contribution in [2.75, 3.05) is 7.11 Å². The van der Waals surface area contributed by atoms with Gasteiger partial charge in [0.1, 0.15) is 5.75 Å². The maximum Gasteiger partial charge on any atom is 0.420 e. The quantitative estimate of drug-likeness (QED) is 0.531. The monoisotopic (exact) mass is 402 g/mol. The van der Waals surface area contributed by atoms with E-state index in [1.54, 1.807) is 29.9 Å². The summed E-state index contributed by atoms with van der Waals surface area (Å²) in [6.45, 7) is 2.78. The van der Waals surface area contributed by atoms with E-state index in [0.717, 1.165) is 22.4 Å². The largest absolute Gasteiger partial charge is 0.497 e. The Morgan fingerprint density at radius 3 is 2.40 bits per heavy atom. The molecule has 0 unspecified atom stereocenters. The molecule has 0 bridgehead atoms. The molecule has 152 valence electrons. The lowest BCUT2D eigenvalue weighted by molar-refractivity contribution is 0.0951. The Bertz CT molecular complexity index is 1240. The van der Waals surface area contributed by atoms with Gasteiger partial charge in [-0.1, -0.05) is 42.0 Å². The summed E-state index contributed by atoms with van der Waals surface area (Å²) in [6.07, 6.45) is 0. The summed E-state index contributed by atoms with van der Waals surface area (Å²) in [7, 11) is 1.61. The molecule has 0 radical (unpaired) electrons. The van der Waals surface area contributed by atoms with Crippen LogP contribution < -0.4 is 15.8 Å². The molecule has 1 N–H and O–H groups in total. The van der Waals surface area contributed by atoms with E-state index in [1.807, 2.05) is 55.5 Å². The van der Waals surface area contributed by atoms with Crippen molar-refractivity contribution in [1.82, 2.24) is 9.88 Å². The predicted molar refractivity (Wildman–Crippen MR) is 115 cm³/mol. The van der Waals surface area contributed by atoms with Crippen LogP contribution in [0, 0.1) is 6.92 Å². The Hall–Kier alpha value is -3.80. The predicted octanol–water partition coefficient (Wildman–Crippen LogP) is 3.89. The minimum absolute atomic E-state index is 0.219. The Balaban J connectivity index is 1.54. The van der Waals surface area contributed by atoms with Crippen LogP contribution in [-0.4, -0.2) is 17.6 Å². The van der Waals surface area contributed by atoms with E-state index in [4.69, 9.17) is 9.15 Å². The van der Waals surface area contributed by atoms with Gasteiger partial charge in [0.15, 0.2) is 5.58 Å². The number of nitrogens with zero attached hydrogens (tertiary/aromatic N) is 1. The van der Waals surface area contributed by atoms with Crippen LogP contribution in [0.25, 0.3) is 11.1 Å². The maximum atomic E-state index is 12.6. The number of aryl methyl sites for hydroxylation is 1. The molecule has 1 aromatic heterocycles. The fourth-order valence-corrected chi connectivity index (χ4v) is 3.26. The number of aromatic nitrogens is 1. The van der Waals surface area contributed by atoms with Gasteiger partial charge in [-0.05, 0) is 48.4 Å². The zero-order chi connectivity index (χ0) is 21.1. The molecule has 0 saturated carbocycles. The molecule has 6 heteroatoms. The summed E-state index contributed by atoms with van der Waals surface area (Å²) < 4.78 is 12.0. The number of hydrogen-bond donors (Lipinski definition) is 1. The summed E-state index contributed by atoms with van der Waals surface area (Å²) in [5.41, 5.74) is 4.62. The maximum absolute atomic E-state index is 12.6. The van der Waals surface area contributed by atoms with Gasteiger partial charge < -0.3 is 14.5 Å². The van der Waals surface area contributed by atoms with Crippen LogP contribution in [0.15, 0.2) is 75.9 Å². The fraction of sp³-hybridized carbons (Fsp3) is 0.167. The lowest BCUT2D eigenvalue weighted by atomic mass is 10.1.